The van der Waals surface area contributed by atoms with Crippen LogP contribution in [0.3, 0.4) is 0 Å². The van der Waals surface area contributed by atoms with Crippen LogP contribution in [-0.2, 0) is 20.9 Å². The maximum atomic E-state index is 13.8. The zero-order valence-corrected chi connectivity index (χ0v) is 24.3. The molecule has 0 N–H and O–H groups in total. The summed E-state index contributed by atoms with van der Waals surface area (Å²) in [6.07, 6.45) is 0. The molecule has 3 aromatic carbocycles. The van der Waals surface area contributed by atoms with Gasteiger partial charge in [-0.25, -0.2) is 13.4 Å². The molecular formula is C31H37N3O3S. The van der Waals surface area contributed by atoms with E-state index >= 15 is 0 Å². The molecule has 0 aliphatic rings. The number of fused-ring (bicyclic) bond motifs is 1. The Balaban J connectivity index is 1.84. The van der Waals surface area contributed by atoms with Crippen molar-refractivity contribution in [2.45, 2.75) is 70.2 Å². The topological polar surface area (TPSA) is 72.3 Å². The van der Waals surface area contributed by atoms with Gasteiger partial charge in [0.2, 0.25) is 10.0 Å². The number of rotatable bonds is 5. The van der Waals surface area contributed by atoms with Gasteiger partial charge < -0.3 is 0 Å². The van der Waals surface area contributed by atoms with Crippen LogP contribution < -0.4 is 5.56 Å². The minimum absolute atomic E-state index is 0.0436. The third kappa shape index (κ3) is 5.18. The summed E-state index contributed by atoms with van der Waals surface area (Å²) >= 11 is 0. The number of para-hydroxylation sites is 1. The highest BCUT2D eigenvalue weighted by atomic mass is 32.2. The summed E-state index contributed by atoms with van der Waals surface area (Å²) in [4.78, 5) is 18.8. The first-order valence-electron chi connectivity index (χ1n) is 12.8. The Kier molecular flexibility index (Phi) is 7.14. The minimum atomic E-state index is -3.86. The molecule has 4 rings (SSSR count). The molecule has 0 saturated heterocycles. The molecular weight excluding hydrogens is 494 g/mol. The van der Waals surface area contributed by atoms with Crippen molar-refractivity contribution in [2.75, 3.05) is 7.05 Å². The lowest BCUT2D eigenvalue weighted by atomic mass is 9.87. The van der Waals surface area contributed by atoms with Crippen molar-refractivity contribution >= 4 is 20.9 Å². The van der Waals surface area contributed by atoms with E-state index in [9.17, 15) is 13.2 Å². The predicted molar refractivity (Wildman–Crippen MR) is 155 cm³/mol. The van der Waals surface area contributed by atoms with E-state index in [2.05, 4.69) is 41.5 Å². The van der Waals surface area contributed by atoms with Gasteiger partial charge in [-0.05, 0) is 65.3 Å². The molecule has 1 unspecified atom stereocenters. The van der Waals surface area contributed by atoms with Gasteiger partial charge in [0.1, 0.15) is 5.82 Å². The maximum Gasteiger partial charge on any atom is 0.266 e. The molecule has 0 aliphatic carbocycles. The Labute approximate surface area is 226 Å². The first kappa shape index (κ1) is 27.7. The molecule has 1 heterocycles. The number of hydrogen-bond acceptors (Lipinski definition) is 4. The monoisotopic (exact) mass is 531 g/mol. The van der Waals surface area contributed by atoms with Crippen LogP contribution in [0.5, 0.6) is 0 Å². The van der Waals surface area contributed by atoms with E-state index in [1.54, 1.807) is 37.3 Å². The second-order valence-electron chi connectivity index (χ2n) is 11.9. The molecule has 1 atom stereocenters. The predicted octanol–water partition coefficient (Wildman–Crippen LogP) is 6.36. The molecule has 0 fully saturated rings. The largest absolute Gasteiger partial charge is 0.268 e. The van der Waals surface area contributed by atoms with E-state index in [0.717, 1.165) is 11.1 Å². The molecule has 200 valence electrons. The van der Waals surface area contributed by atoms with Crippen molar-refractivity contribution in [2.24, 2.45) is 0 Å². The lowest BCUT2D eigenvalue weighted by Crippen LogP contribution is -2.35. The van der Waals surface area contributed by atoms with Gasteiger partial charge in [-0.2, -0.15) is 4.31 Å². The Morgan fingerprint density at radius 2 is 1.29 bits per heavy atom. The normalized spacial score (nSPS) is 13.7. The van der Waals surface area contributed by atoms with Crippen molar-refractivity contribution in [3.8, 4) is 5.69 Å². The van der Waals surface area contributed by atoms with Crippen LogP contribution >= 0.6 is 0 Å². The quantitative estimate of drug-likeness (QED) is 0.300. The molecule has 7 heteroatoms. The minimum Gasteiger partial charge on any atom is -0.268 e. The number of aromatic nitrogens is 2. The van der Waals surface area contributed by atoms with E-state index < -0.39 is 16.1 Å². The maximum absolute atomic E-state index is 13.8. The van der Waals surface area contributed by atoms with Crippen LogP contribution in [0.1, 0.15) is 71.5 Å². The van der Waals surface area contributed by atoms with Crippen LogP contribution in [-0.4, -0.2) is 29.3 Å². The van der Waals surface area contributed by atoms with Crippen LogP contribution in [0, 0.1) is 0 Å². The lowest BCUT2D eigenvalue weighted by molar-refractivity contribution is 0.379. The third-order valence-corrected chi connectivity index (χ3v) is 9.05. The van der Waals surface area contributed by atoms with Crippen LogP contribution in [0.15, 0.2) is 82.5 Å². The summed E-state index contributed by atoms with van der Waals surface area (Å²) < 4.78 is 30.2. The summed E-state index contributed by atoms with van der Waals surface area (Å²) in [5, 5.41) is 0.478. The zero-order chi connectivity index (χ0) is 28.0. The lowest BCUT2D eigenvalue weighted by Gasteiger charge is -2.27. The summed E-state index contributed by atoms with van der Waals surface area (Å²) in [6.45, 7) is 14.4. The molecule has 0 bridgehead atoms. The number of sulfonamides is 1. The highest BCUT2D eigenvalue weighted by Crippen LogP contribution is 2.30. The molecule has 0 spiro atoms. The molecule has 6 nitrogen and oxygen atoms in total. The fourth-order valence-electron chi connectivity index (χ4n) is 4.45. The first-order chi connectivity index (χ1) is 17.6. The van der Waals surface area contributed by atoms with Gasteiger partial charge in [-0.15, -0.1) is 0 Å². The molecule has 38 heavy (non-hydrogen) atoms. The van der Waals surface area contributed by atoms with E-state index in [4.69, 9.17) is 4.98 Å². The molecule has 0 aliphatic heterocycles. The SMILES string of the molecule is CC(c1nc2ccccc2c(=O)n1-c1ccc(C(C)(C)C)cc1)N(C)S(=O)(=O)c1ccc(C(C)(C)C)cc1. The third-order valence-electron chi connectivity index (χ3n) is 7.11. The Morgan fingerprint density at radius 3 is 1.82 bits per heavy atom. The Bertz CT molecular complexity index is 1620. The highest BCUT2D eigenvalue weighted by molar-refractivity contribution is 7.89. The van der Waals surface area contributed by atoms with Crippen molar-refractivity contribution in [3.63, 3.8) is 0 Å². The summed E-state index contributed by atoms with van der Waals surface area (Å²) in [5.41, 5.74) is 2.99. The summed E-state index contributed by atoms with van der Waals surface area (Å²) in [6, 6.07) is 21.2. The van der Waals surface area contributed by atoms with Gasteiger partial charge >= 0.3 is 0 Å². The second-order valence-corrected chi connectivity index (χ2v) is 13.9. The van der Waals surface area contributed by atoms with E-state index in [0.29, 0.717) is 22.4 Å². The molecule has 4 aromatic rings. The smallest absolute Gasteiger partial charge is 0.266 e. The van der Waals surface area contributed by atoms with Crippen LogP contribution in [0.25, 0.3) is 16.6 Å². The van der Waals surface area contributed by atoms with Crippen LogP contribution in [0.2, 0.25) is 0 Å². The number of hydrogen-bond donors (Lipinski definition) is 0. The number of nitrogens with zero attached hydrogens (tertiary/aromatic N) is 3. The standard InChI is InChI=1S/C31H37N3O3S/c1-21(33(8)38(36,37)25-19-15-23(16-20-25)31(5,6)7)28-32-27-12-10-9-11-26(27)29(35)34(28)24-17-13-22(14-18-24)30(2,3)4/h9-21H,1-8H3. The number of benzene rings is 3. The van der Waals surface area contributed by atoms with E-state index in [1.165, 1.54) is 15.9 Å². The van der Waals surface area contributed by atoms with Gasteiger partial charge in [0.05, 0.1) is 27.5 Å². The van der Waals surface area contributed by atoms with Gasteiger partial charge in [-0.3, -0.25) is 9.36 Å². The molecule has 0 amide bonds. The fourth-order valence-corrected chi connectivity index (χ4v) is 5.78. The molecule has 0 saturated carbocycles. The van der Waals surface area contributed by atoms with Gasteiger partial charge in [0, 0.05) is 7.05 Å². The zero-order valence-electron chi connectivity index (χ0n) is 23.5. The van der Waals surface area contributed by atoms with Crippen molar-refractivity contribution < 1.29 is 8.42 Å². The van der Waals surface area contributed by atoms with Crippen molar-refractivity contribution in [3.05, 3.63) is 100 Å². The van der Waals surface area contributed by atoms with E-state index in [1.807, 2.05) is 42.5 Å². The Hall–Kier alpha value is -3.29. The first-order valence-corrected chi connectivity index (χ1v) is 14.3. The molecule has 0 radical (unpaired) electrons. The Morgan fingerprint density at radius 1 is 0.789 bits per heavy atom. The van der Waals surface area contributed by atoms with Gasteiger partial charge in [0.25, 0.3) is 5.56 Å². The van der Waals surface area contributed by atoms with Gasteiger partial charge in [0.15, 0.2) is 0 Å². The second kappa shape index (κ2) is 9.79. The van der Waals surface area contributed by atoms with Crippen LogP contribution in [0.4, 0.5) is 0 Å². The van der Waals surface area contributed by atoms with Gasteiger partial charge in [-0.1, -0.05) is 77.9 Å². The van der Waals surface area contributed by atoms with Crippen molar-refractivity contribution in [1.82, 2.24) is 13.9 Å². The van der Waals surface area contributed by atoms with Crippen molar-refractivity contribution in [1.29, 1.82) is 0 Å². The summed E-state index contributed by atoms with van der Waals surface area (Å²) in [5.74, 6) is 0.356. The summed E-state index contributed by atoms with van der Waals surface area (Å²) in [7, 11) is -2.33. The van der Waals surface area contributed by atoms with E-state index in [-0.39, 0.29) is 21.3 Å². The fraction of sp³-hybridized carbons (Fsp3) is 0.355. The average Bonchev–Trinajstić information content (AvgIpc) is 2.87. The average molecular weight is 532 g/mol. The highest BCUT2D eigenvalue weighted by Gasteiger charge is 2.30. The molecule has 1 aromatic heterocycles.